The number of benzene rings is 1. The van der Waals surface area contributed by atoms with Crippen molar-refractivity contribution < 1.29 is 13.2 Å². The Kier molecular flexibility index (Phi) is 4.72. The number of carbonyl (C=O) groups is 1. The van der Waals surface area contributed by atoms with Crippen LogP contribution in [0.4, 0.5) is 17.3 Å². The minimum absolute atomic E-state index is 0.0812. The first-order valence-electron chi connectivity index (χ1n) is 9.22. The van der Waals surface area contributed by atoms with Crippen LogP contribution in [0.5, 0.6) is 0 Å². The molecule has 0 saturated heterocycles. The van der Waals surface area contributed by atoms with Gasteiger partial charge in [-0.1, -0.05) is 6.07 Å². The summed E-state index contributed by atoms with van der Waals surface area (Å²) < 4.78 is 23.7. The third kappa shape index (κ3) is 3.67. The molecule has 0 radical (unpaired) electrons. The number of carbonyl (C=O) groups excluding carboxylic acids is 1. The first-order valence-corrected chi connectivity index (χ1v) is 11.1. The van der Waals surface area contributed by atoms with Crippen molar-refractivity contribution in [3.63, 3.8) is 0 Å². The van der Waals surface area contributed by atoms with Crippen LogP contribution in [0.25, 0.3) is 0 Å². The molecule has 28 heavy (non-hydrogen) atoms. The van der Waals surface area contributed by atoms with Crippen LogP contribution in [-0.4, -0.2) is 37.6 Å². The third-order valence-corrected chi connectivity index (χ3v) is 6.31. The minimum atomic E-state index is -3.34. The highest BCUT2D eigenvalue weighted by atomic mass is 32.2. The predicted octanol–water partition coefficient (Wildman–Crippen LogP) is 1.76. The quantitative estimate of drug-likeness (QED) is 0.601. The largest absolute Gasteiger partial charge is 0.366 e. The van der Waals surface area contributed by atoms with E-state index in [9.17, 15) is 13.2 Å². The number of hydrogen-bond acceptors (Lipinski definition) is 7. The summed E-state index contributed by atoms with van der Waals surface area (Å²) in [7, 11) is -3.34. The van der Waals surface area contributed by atoms with Gasteiger partial charge >= 0.3 is 0 Å². The molecular weight excluding hydrogens is 378 g/mol. The van der Waals surface area contributed by atoms with Gasteiger partial charge in [0.25, 0.3) is 5.91 Å². The monoisotopic (exact) mass is 401 g/mol. The molecule has 4 rings (SSSR count). The SMILES string of the molecule is CS(=O)(=O)c1cccc(Nc2nc(NC3CCCC3N)cc3c2C(=O)NC3)c1. The zero-order valence-corrected chi connectivity index (χ0v) is 16.3. The lowest BCUT2D eigenvalue weighted by atomic mass is 10.1. The fourth-order valence-corrected chi connectivity index (χ4v) is 4.38. The molecule has 0 spiro atoms. The van der Waals surface area contributed by atoms with Gasteiger partial charge in [0.15, 0.2) is 9.84 Å². The Morgan fingerprint density at radius 3 is 2.79 bits per heavy atom. The van der Waals surface area contributed by atoms with E-state index in [-0.39, 0.29) is 22.9 Å². The molecule has 2 heterocycles. The second-order valence-corrected chi connectivity index (χ2v) is 9.36. The lowest BCUT2D eigenvalue weighted by Crippen LogP contribution is -2.35. The Balaban J connectivity index is 1.69. The van der Waals surface area contributed by atoms with Crippen molar-refractivity contribution in [1.29, 1.82) is 0 Å². The molecule has 2 aliphatic rings. The zero-order valence-electron chi connectivity index (χ0n) is 15.5. The lowest BCUT2D eigenvalue weighted by Gasteiger charge is -2.19. The van der Waals surface area contributed by atoms with Gasteiger partial charge in [0, 0.05) is 30.6 Å². The van der Waals surface area contributed by atoms with Gasteiger partial charge in [0.2, 0.25) is 0 Å². The van der Waals surface area contributed by atoms with Crippen molar-refractivity contribution >= 4 is 33.1 Å². The van der Waals surface area contributed by atoms with Crippen LogP contribution in [0.1, 0.15) is 35.2 Å². The van der Waals surface area contributed by atoms with E-state index < -0.39 is 9.84 Å². The summed E-state index contributed by atoms with van der Waals surface area (Å²) in [6, 6.07) is 8.56. The fourth-order valence-electron chi connectivity index (χ4n) is 3.72. The Morgan fingerprint density at radius 1 is 1.25 bits per heavy atom. The maximum atomic E-state index is 12.3. The van der Waals surface area contributed by atoms with Gasteiger partial charge in [0.1, 0.15) is 11.6 Å². The van der Waals surface area contributed by atoms with E-state index in [4.69, 9.17) is 5.73 Å². The van der Waals surface area contributed by atoms with Crippen LogP contribution in [-0.2, 0) is 16.4 Å². The Morgan fingerprint density at radius 2 is 2.07 bits per heavy atom. The molecule has 0 bridgehead atoms. The van der Waals surface area contributed by atoms with E-state index >= 15 is 0 Å². The number of fused-ring (bicyclic) bond motifs is 1. The van der Waals surface area contributed by atoms with E-state index in [1.54, 1.807) is 12.1 Å². The molecule has 148 valence electrons. The van der Waals surface area contributed by atoms with Crippen molar-refractivity contribution in [1.82, 2.24) is 10.3 Å². The second-order valence-electron chi connectivity index (χ2n) is 7.34. The van der Waals surface area contributed by atoms with Gasteiger partial charge in [-0.05, 0) is 49.1 Å². The molecule has 8 nitrogen and oxygen atoms in total. The molecule has 2 aromatic rings. The fraction of sp³-hybridized carbons (Fsp3) is 0.368. The summed E-state index contributed by atoms with van der Waals surface area (Å²) in [5, 5.41) is 9.31. The molecule has 1 aromatic carbocycles. The van der Waals surface area contributed by atoms with Crippen LogP contribution >= 0.6 is 0 Å². The molecule has 1 fully saturated rings. The van der Waals surface area contributed by atoms with E-state index in [1.165, 1.54) is 12.1 Å². The Labute approximate surface area is 163 Å². The summed E-state index contributed by atoms with van der Waals surface area (Å²) in [4.78, 5) is 17.1. The van der Waals surface area contributed by atoms with Crippen molar-refractivity contribution in [3.8, 4) is 0 Å². The molecule has 1 amide bonds. The van der Waals surface area contributed by atoms with Gasteiger partial charge in [-0.25, -0.2) is 13.4 Å². The second kappa shape index (κ2) is 7.06. The number of nitrogens with two attached hydrogens (primary N) is 1. The summed E-state index contributed by atoms with van der Waals surface area (Å²) >= 11 is 0. The molecule has 9 heteroatoms. The molecule has 2 atom stereocenters. The van der Waals surface area contributed by atoms with E-state index in [2.05, 4.69) is 20.9 Å². The zero-order chi connectivity index (χ0) is 19.9. The number of hydrogen-bond donors (Lipinski definition) is 4. The Hall–Kier alpha value is -2.65. The normalized spacial score (nSPS) is 21.3. The van der Waals surface area contributed by atoms with E-state index in [0.717, 1.165) is 31.1 Å². The first kappa shape index (κ1) is 18.7. The maximum Gasteiger partial charge on any atom is 0.255 e. The number of anilines is 3. The van der Waals surface area contributed by atoms with Crippen molar-refractivity contribution in [2.24, 2.45) is 5.73 Å². The number of pyridine rings is 1. The maximum absolute atomic E-state index is 12.3. The van der Waals surface area contributed by atoms with Crippen LogP contribution in [0.2, 0.25) is 0 Å². The Bertz CT molecular complexity index is 1040. The highest BCUT2D eigenvalue weighted by molar-refractivity contribution is 7.90. The van der Waals surface area contributed by atoms with Gasteiger partial charge < -0.3 is 21.7 Å². The number of nitrogens with one attached hydrogen (secondary N) is 3. The van der Waals surface area contributed by atoms with Crippen LogP contribution in [0.15, 0.2) is 35.2 Å². The van der Waals surface area contributed by atoms with Gasteiger partial charge in [-0.3, -0.25) is 4.79 Å². The number of amides is 1. The van der Waals surface area contributed by atoms with Crippen LogP contribution in [0, 0.1) is 0 Å². The molecule has 5 N–H and O–H groups in total. The van der Waals surface area contributed by atoms with E-state index in [0.29, 0.717) is 29.4 Å². The molecule has 1 aliphatic carbocycles. The minimum Gasteiger partial charge on any atom is -0.366 e. The lowest BCUT2D eigenvalue weighted by molar-refractivity contribution is 0.0966. The predicted molar refractivity (Wildman–Crippen MR) is 107 cm³/mol. The molecule has 2 unspecified atom stereocenters. The smallest absolute Gasteiger partial charge is 0.255 e. The van der Waals surface area contributed by atoms with Crippen molar-refractivity contribution in [2.45, 2.75) is 42.8 Å². The van der Waals surface area contributed by atoms with Gasteiger partial charge in [-0.2, -0.15) is 0 Å². The standard InChI is InChI=1S/C19H23N5O3S/c1-28(26,27)13-5-2-4-12(9-13)22-18-17-11(10-21-19(17)25)8-16(24-18)23-15-7-3-6-14(15)20/h2,4-5,8-9,14-15H,3,6-7,10,20H2,1H3,(H,21,25)(H2,22,23,24). The summed E-state index contributed by atoms with van der Waals surface area (Å²) in [5.74, 6) is 0.847. The van der Waals surface area contributed by atoms with Gasteiger partial charge in [0.05, 0.1) is 10.5 Å². The number of sulfone groups is 1. The average molecular weight is 401 g/mol. The van der Waals surface area contributed by atoms with Crippen LogP contribution < -0.4 is 21.7 Å². The number of rotatable bonds is 5. The molecule has 1 aliphatic heterocycles. The summed E-state index contributed by atoms with van der Waals surface area (Å²) in [6.45, 7) is 0.431. The van der Waals surface area contributed by atoms with Crippen molar-refractivity contribution in [3.05, 3.63) is 41.5 Å². The van der Waals surface area contributed by atoms with Gasteiger partial charge in [-0.15, -0.1) is 0 Å². The number of nitrogens with zero attached hydrogens (tertiary/aromatic N) is 1. The summed E-state index contributed by atoms with van der Waals surface area (Å²) in [5.41, 5.74) is 8.02. The summed E-state index contributed by atoms with van der Waals surface area (Å²) in [6.07, 6.45) is 4.19. The highest BCUT2D eigenvalue weighted by Crippen LogP contribution is 2.30. The van der Waals surface area contributed by atoms with E-state index in [1.807, 2.05) is 6.07 Å². The number of aromatic nitrogens is 1. The average Bonchev–Trinajstić information content (AvgIpc) is 3.21. The molecule has 1 aromatic heterocycles. The molecule has 1 saturated carbocycles. The third-order valence-electron chi connectivity index (χ3n) is 5.20. The van der Waals surface area contributed by atoms with Crippen LogP contribution in [0.3, 0.4) is 0 Å². The van der Waals surface area contributed by atoms with Crippen molar-refractivity contribution in [2.75, 3.05) is 16.9 Å². The topological polar surface area (TPSA) is 126 Å². The highest BCUT2D eigenvalue weighted by Gasteiger charge is 2.28. The first-order chi connectivity index (χ1) is 13.3. The molecular formula is C19H23N5O3S.